The highest BCUT2D eigenvalue weighted by Crippen LogP contribution is 2.38. The highest BCUT2D eigenvalue weighted by molar-refractivity contribution is 5.77. The lowest BCUT2D eigenvalue weighted by atomic mass is 9.75. The highest BCUT2D eigenvalue weighted by Gasteiger charge is 2.50. The van der Waals surface area contributed by atoms with Crippen molar-refractivity contribution in [2.24, 2.45) is 11.8 Å². The summed E-state index contributed by atoms with van der Waals surface area (Å²) in [6.45, 7) is 7.73. The van der Waals surface area contributed by atoms with Gasteiger partial charge >= 0.3 is 0 Å². The summed E-state index contributed by atoms with van der Waals surface area (Å²) in [5, 5.41) is 0. The van der Waals surface area contributed by atoms with Crippen LogP contribution in [0.4, 0.5) is 0 Å². The Bertz CT molecular complexity index is 555. The summed E-state index contributed by atoms with van der Waals surface area (Å²) >= 11 is 0. The van der Waals surface area contributed by atoms with Gasteiger partial charge in [0.1, 0.15) is 0 Å². The lowest BCUT2D eigenvalue weighted by molar-refractivity contribution is -0.151. The van der Waals surface area contributed by atoms with Crippen molar-refractivity contribution in [2.75, 3.05) is 33.3 Å². The summed E-state index contributed by atoms with van der Waals surface area (Å²) < 4.78 is 5.86. The van der Waals surface area contributed by atoms with Crippen LogP contribution in [0, 0.1) is 11.8 Å². The van der Waals surface area contributed by atoms with Gasteiger partial charge < -0.3 is 9.64 Å². The van der Waals surface area contributed by atoms with Gasteiger partial charge in [-0.3, -0.25) is 9.69 Å². The van der Waals surface area contributed by atoms with Crippen LogP contribution in [-0.2, 0) is 4.79 Å². The molecular formula is C19H29N3O2. The summed E-state index contributed by atoms with van der Waals surface area (Å²) in [4.78, 5) is 20.9. The molecule has 2 aliphatic heterocycles. The van der Waals surface area contributed by atoms with Crippen LogP contribution in [0.1, 0.15) is 33.1 Å². The van der Waals surface area contributed by atoms with Crippen molar-refractivity contribution >= 4 is 5.91 Å². The summed E-state index contributed by atoms with van der Waals surface area (Å²) in [7, 11) is 2.19. The van der Waals surface area contributed by atoms with E-state index in [0.29, 0.717) is 36.7 Å². The molecule has 1 amide bonds. The maximum atomic E-state index is 12.2. The number of hydrogen-bond donors (Lipinski definition) is 0. The fourth-order valence-corrected chi connectivity index (χ4v) is 3.88. The van der Waals surface area contributed by atoms with Crippen molar-refractivity contribution in [3.05, 3.63) is 24.4 Å². The zero-order valence-corrected chi connectivity index (χ0v) is 15.1. The van der Waals surface area contributed by atoms with Gasteiger partial charge in [-0.2, -0.15) is 0 Å². The van der Waals surface area contributed by atoms with Crippen LogP contribution in [0.5, 0.6) is 5.88 Å². The molecule has 132 valence electrons. The third-order valence-corrected chi connectivity index (χ3v) is 5.36. The normalized spacial score (nSPS) is 23.3. The number of rotatable bonds is 5. The molecule has 1 spiro atoms. The van der Waals surface area contributed by atoms with E-state index in [9.17, 15) is 4.79 Å². The van der Waals surface area contributed by atoms with E-state index in [4.69, 9.17) is 4.74 Å². The second-order valence-electron chi connectivity index (χ2n) is 7.83. The number of likely N-dealkylation sites (tertiary alicyclic amines) is 2. The van der Waals surface area contributed by atoms with Crippen molar-refractivity contribution in [1.29, 1.82) is 0 Å². The summed E-state index contributed by atoms with van der Waals surface area (Å²) in [6.07, 6.45) is 4.66. The second kappa shape index (κ2) is 7.09. The summed E-state index contributed by atoms with van der Waals surface area (Å²) in [5.74, 6) is 1.96. The number of aromatic nitrogens is 1. The number of likely N-dealkylation sites (N-methyl/N-ethyl adjacent to an activating group) is 1. The number of ether oxygens (including phenoxy) is 1. The minimum absolute atomic E-state index is 0.156. The molecule has 1 unspecified atom stereocenters. The molecule has 2 aliphatic rings. The number of pyridine rings is 1. The van der Waals surface area contributed by atoms with E-state index in [2.05, 4.69) is 30.8 Å². The maximum Gasteiger partial charge on any atom is 0.222 e. The number of carbonyl (C=O) groups is 1. The molecule has 1 atom stereocenters. The Morgan fingerprint density at radius 3 is 2.88 bits per heavy atom. The monoisotopic (exact) mass is 331 g/mol. The molecule has 0 aromatic carbocycles. The van der Waals surface area contributed by atoms with Gasteiger partial charge in [-0.05, 0) is 44.3 Å². The maximum absolute atomic E-state index is 12.2. The predicted molar refractivity (Wildman–Crippen MR) is 93.9 cm³/mol. The highest BCUT2D eigenvalue weighted by atomic mass is 16.5. The van der Waals surface area contributed by atoms with Crippen molar-refractivity contribution in [1.82, 2.24) is 14.8 Å². The zero-order chi connectivity index (χ0) is 17.2. The summed E-state index contributed by atoms with van der Waals surface area (Å²) in [6, 6.07) is 5.75. The largest absolute Gasteiger partial charge is 0.477 e. The molecule has 5 nitrogen and oxygen atoms in total. The molecular weight excluding hydrogens is 302 g/mol. The Kier molecular flexibility index (Phi) is 5.09. The van der Waals surface area contributed by atoms with E-state index in [-0.39, 0.29) is 5.54 Å². The van der Waals surface area contributed by atoms with Crippen molar-refractivity contribution in [3.8, 4) is 5.88 Å². The van der Waals surface area contributed by atoms with Crippen molar-refractivity contribution in [3.63, 3.8) is 0 Å². The van der Waals surface area contributed by atoms with Gasteiger partial charge in [0.05, 0.1) is 12.1 Å². The van der Waals surface area contributed by atoms with E-state index in [1.807, 2.05) is 23.1 Å². The Morgan fingerprint density at radius 2 is 2.21 bits per heavy atom. The Balaban J connectivity index is 1.52. The molecule has 2 fully saturated rings. The van der Waals surface area contributed by atoms with Gasteiger partial charge in [-0.1, -0.05) is 19.9 Å². The third-order valence-electron chi connectivity index (χ3n) is 5.36. The molecule has 1 aromatic heterocycles. The molecule has 0 N–H and O–H groups in total. The number of amides is 1. The van der Waals surface area contributed by atoms with Crippen molar-refractivity contribution < 1.29 is 9.53 Å². The van der Waals surface area contributed by atoms with E-state index >= 15 is 0 Å². The van der Waals surface area contributed by atoms with Crippen LogP contribution in [-0.4, -0.2) is 59.5 Å². The zero-order valence-electron chi connectivity index (χ0n) is 15.1. The lowest BCUT2D eigenvalue weighted by Gasteiger charge is -2.58. The van der Waals surface area contributed by atoms with Crippen LogP contribution in [0.2, 0.25) is 0 Å². The minimum atomic E-state index is 0.156. The van der Waals surface area contributed by atoms with E-state index in [1.165, 1.54) is 0 Å². The van der Waals surface area contributed by atoms with Crippen LogP contribution in [0.15, 0.2) is 24.4 Å². The van der Waals surface area contributed by atoms with Gasteiger partial charge in [0, 0.05) is 31.8 Å². The first kappa shape index (κ1) is 17.2. The topological polar surface area (TPSA) is 45.7 Å². The van der Waals surface area contributed by atoms with E-state index < -0.39 is 0 Å². The molecule has 3 rings (SSSR count). The fourth-order valence-electron chi connectivity index (χ4n) is 3.88. The summed E-state index contributed by atoms with van der Waals surface area (Å²) in [5.41, 5.74) is 0.156. The minimum Gasteiger partial charge on any atom is -0.477 e. The van der Waals surface area contributed by atoms with Crippen LogP contribution < -0.4 is 4.74 Å². The van der Waals surface area contributed by atoms with Gasteiger partial charge in [0.15, 0.2) is 0 Å². The van der Waals surface area contributed by atoms with Gasteiger partial charge in [-0.25, -0.2) is 4.98 Å². The molecule has 2 saturated heterocycles. The van der Waals surface area contributed by atoms with Crippen LogP contribution in [0.3, 0.4) is 0 Å². The van der Waals surface area contributed by atoms with Gasteiger partial charge in [0.2, 0.25) is 11.8 Å². The van der Waals surface area contributed by atoms with Gasteiger partial charge in [-0.15, -0.1) is 0 Å². The smallest absolute Gasteiger partial charge is 0.222 e. The molecule has 0 radical (unpaired) electrons. The average Bonchev–Trinajstić information content (AvgIpc) is 2.52. The fraction of sp³-hybridized carbons (Fsp3) is 0.684. The van der Waals surface area contributed by atoms with Crippen molar-refractivity contribution in [2.45, 2.75) is 38.6 Å². The molecule has 0 aliphatic carbocycles. The first-order chi connectivity index (χ1) is 11.5. The Hall–Kier alpha value is -1.62. The Labute approximate surface area is 145 Å². The Morgan fingerprint density at radius 1 is 1.42 bits per heavy atom. The van der Waals surface area contributed by atoms with Crippen LogP contribution >= 0.6 is 0 Å². The molecule has 0 bridgehead atoms. The number of carbonyl (C=O) groups excluding carboxylic acids is 1. The first-order valence-corrected chi connectivity index (χ1v) is 9.01. The molecule has 3 heterocycles. The third kappa shape index (κ3) is 3.72. The lowest BCUT2D eigenvalue weighted by Crippen LogP contribution is -2.72. The second-order valence-corrected chi connectivity index (χ2v) is 7.83. The molecule has 0 saturated carbocycles. The average molecular weight is 331 g/mol. The molecule has 5 heteroatoms. The number of hydrogen-bond acceptors (Lipinski definition) is 4. The first-order valence-electron chi connectivity index (χ1n) is 9.01. The molecule has 24 heavy (non-hydrogen) atoms. The SMILES string of the molecule is CC(C)CC(=O)N1CC2(CC(COc3ccccn3)CCN2C)C1. The number of nitrogens with zero attached hydrogens (tertiary/aromatic N) is 3. The van der Waals surface area contributed by atoms with Gasteiger partial charge in [0.25, 0.3) is 0 Å². The van der Waals surface area contributed by atoms with Crippen LogP contribution in [0.25, 0.3) is 0 Å². The number of piperidine rings is 1. The van der Waals surface area contributed by atoms with E-state index in [1.54, 1.807) is 6.20 Å². The predicted octanol–water partition coefficient (Wildman–Crippen LogP) is 2.43. The standard InChI is InChI=1S/C19H29N3O2/c1-15(2)10-18(23)22-13-19(14-22)11-16(7-9-21(19)3)12-24-17-6-4-5-8-20-17/h4-6,8,15-16H,7,9-14H2,1-3H3. The molecule has 1 aromatic rings. The quantitative estimate of drug-likeness (QED) is 0.831. The van der Waals surface area contributed by atoms with E-state index in [0.717, 1.165) is 32.5 Å².